The summed E-state index contributed by atoms with van der Waals surface area (Å²) < 4.78 is 2.58. The molecule has 0 saturated heterocycles. The van der Waals surface area contributed by atoms with E-state index in [0.29, 0.717) is 19.0 Å². The molecule has 1 aromatic carbocycles. The number of halogens is 2. The van der Waals surface area contributed by atoms with E-state index in [2.05, 4.69) is 47.0 Å². The van der Waals surface area contributed by atoms with Gasteiger partial charge in [-0.2, -0.15) is 5.10 Å². The predicted octanol–water partition coefficient (Wildman–Crippen LogP) is 2.20. The van der Waals surface area contributed by atoms with Crippen LogP contribution in [0.25, 0.3) is 0 Å². The van der Waals surface area contributed by atoms with Gasteiger partial charge >= 0.3 is 0 Å². The average Bonchev–Trinajstić information content (AvgIpc) is 2.98. The first-order valence-electron chi connectivity index (χ1n) is 7.90. The third kappa shape index (κ3) is 6.90. The molecule has 2 aromatic rings. The molecular formula is C16H23BrIN7O. The van der Waals surface area contributed by atoms with Crippen LogP contribution in [0.1, 0.15) is 18.3 Å². The van der Waals surface area contributed by atoms with Gasteiger partial charge in [-0.05, 0) is 31.5 Å². The Morgan fingerprint density at radius 2 is 2.12 bits per heavy atom. The van der Waals surface area contributed by atoms with Gasteiger partial charge in [-0.25, -0.2) is 9.98 Å². The van der Waals surface area contributed by atoms with Crippen LogP contribution in [0.5, 0.6) is 0 Å². The second-order valence-corrected chi connectivity index (χ2v) is 6.27. The van der Waals surface area contributed by atoms with Crippen LogP contribution in [0, 0.1) is 6.92 Å². The van der Waals surface area contributed by atoms with Crippen molar-refractivity contribution in [1.82, 2.24) is 25.4 Å². The van der Waals surface area contributed by atoms with Crippen LogP contribution >= 0.6 is 39.9 Å². The van der Waals surface area contributed by atoms with Gasteiger partial charge in [0.1, 0.15) is 18.7 Å². The predicted molar refractivity (Wildman–Crippen MR) is 117 cm³/mol. The highest BCUT2D eigenvalue weighted by atomic mass is 127. The number of carbonyl (C=O) groups is 1. The lowest BCUT2D eigenvalue weighted by molar-refractivity contribution is -0.115. The molecule has 26 heavy (non-hydrogen) atoms. The largest absolute Gasteiger partial charge is 0.357 e. The van der Waals surface area contributed by atoms with Crippen LogP contribution in [0.3, 0.4) is 0 Å². The second-order valence-electron chi connectivity index (χ2n) is 5.36. The molecule has 1 aromatic heterocycles. The van der Waals surface area contributed by atoms with Gasteiger partial charge in [0.15, 0.2) is 5.96 Å². The highest BCUT2D eigenvalue weighted by molar-refractivity contribution is 14.0. The van der Waals surface area contributed by atoms with Crippen LogP contribution in [-0.2, 0) is 18.4 Å². The molecule has 10 heteroatoms. The van der Waals surface area contributed by atoms with Gasteiger partial charge in [-0.15, -0.1) is 24.0 Å². The molecule has 1 amide bonds. The summed E-state index contributed by atoms with van der Waals surface area (Å²) in [5.74, 6) is 1.14. The van der Waals surface area contributed by atoms with E-state index < -0.39 is 0 Å². The van der Waals surface area contributed by atoms with E-state index in [4.69, 9.17) is 0 Å². The van der Waals surface area contributed by atoms with E-state index in [1.807, 2.05) is 39.1 Å². The molecule has 0 saturated carbocycles. The maximum absolute atomic E-state index is 12.2. The first-order chi connectivity index (χ1) is 12.0. The van der Waals surface area contributed by atoms with Gasteiger partial charge in [0.05, 0.1) is 6.54 Å². The molecule has 8 nitrogen and oxygen atoms in total. The van der Waals surface area contributed by atoms with Crippen LogP contribution in [0.15, 0.2) is 34.0 Å². The number of rotatable bonds is 6. The molecule has 3 N–H and O–H groups in total. The van der Waals surface area contributed by atoms with E-state index >= 15 is 0 Å². The normalized spacial score (nSPS) is 10.8. The third-order valence-electron chi connectivity index (χ3n) is 3.42. The van der Waals surface area contributed by atoms with E-state index in [1.54, 1.807) is 4.68 Å². The van der Waals surface area contributed by atoms with Crippen molar-refractivity contribution in [2.24, 2.45) is 12.0 Å². The molecule has 0 atom stereocenters. The molecule has 0 aliphatic rings. The van der Waals surface area contributed by atoms with E-state index in [0.717, 1.165) is 21.5 Å². The van der Waals surface area contributed by atoms with Crippen molar-refractivity contribution < 1.29 is 4.79 Å². The summed E-state index contributed by atoms with van der Waals surface area (Å²) in [7, 11) is 1.81. The van der Waals surface area contributed by atoms with Crippen molar-refractivity contribution in [3.8, 4) is 0 Å². The zero-order valence-corrected chi connectivity index (χ0v) is 18.8. The number of amides is 1. The second kappa shape index (κ2) is 11.1. The topological polar surface area (TPSA) is 96.2 Å². The summed E-state index contributed by atoms with van der Waals surface area (Å²) in [6, 6.07) is 5.76. The Hall–Kier alpha value is -1.69. The van der Waals surface area contributed by atoms with Crippen molar-refractivity contribution >= 4 is 57.5 Å². The van der Waals surface area contributed by atoms with Crippen molar-refractivity contribution in [1.29, 1.82) is 0 Å². The van der Waals surface area contributed by atoms with Crippen molar-refractivity contribution in [3.63, 3.8) is 0 Å². The van der Waals surface area contributed by atoms with E-state index in [-0.39, 0.29) is 36.4 Å². The van der Waals surface area contributed by atoms with Crippen molar-refractivity contribution in [3.05, 3.63) is 40.4 Å². The number of aliphatic imine (C=N–C) groups is 1. The summed E-state index contributed by atoms with van der Waals surface area (Å²) >= 11 is 3.41. The molecule has 0 spiro atoms. The Labute approximate surface area is 178 Å². The lowest BCUT2D eigenvalue weighted by Crippen LogP contribution is -2.41. The number of nitrogens with one attached hydrogen (secondary N) is 3. The number of aryl methyl sites for hydroxylation is 2. The Bertz CT molecular complexity index is 763. The zero-order chi connectivity index (χ0) is 18.2. The first-order valence-corrected chi connectivity index (χ1v) is 8.70. The minimum atomic E-state index is -0.148. The standard InChI is InChI=1S/C16H22BrN7O.HI/c1-4-18-16(19-8-14-21-10-22-24(14)3)20-9-15(25)23-13-7-12(17)6-5-11(13)2;/h5-7,10H,4,8-9H2,1-3H3,(H,23,25)(H2,18,19,20);1H. The van der Waals surface area contributed by atoms with Gasteiger partial charge in [0, 0.05) is 23.8 Å². The minimum Gasteiger partial charge on any atom is -0.357 e. The average molecular weight is 536 g/mol. The summed E-state index contributed by atoms with van der Waals surface area (Å²) in [5, 5.41) is 13.0. The minimum absolute atomic E-state index is 0. The smallest absolute Gasteiger partial charge is 0.243 e. The van der Waals surface area contributed by atoms with Crippen LogP contribution < -0.4 is 16.0 Å². The molecule has 142 valence electrons. The van der Waals surface area contributed by atoms with Crippen LogP contribution in [-0.4, -0.2) is 39.7 Å². The lowest BCUT2D eigenvalue weighted by atomic mass is 10.2. The SMILES string of the molecule is CCNC(=NCc1ncnn1C)NCC(=O)Nc1cc(Br)ccc1C.I. The third-order valence-corrected chi connectivity index (χ3v) is 3.91. The van der Waals surface area contributed by atoms with Gasteiger partial charge < -0.3 is 16.0 Å². The van der Waals surface area contributed by atoms with Crippen molar-refractivity contribution in [2.45, 2.75) is 20.4 Å². The molecule has 1 heterocycles. The number of hydrogen-bond donors (Lipinski definition) is 3. The molecule has 0 fully saturated rings. The monoisotopic (exact) mass is 535 g/mol. The van der Waals surface area contributed by atoms with Gasteiger partial charge in [-0.1, -0.05) is 22.0 Å². The maximum Gasteiger partial charge on any atom is 0.243 e. The van der Waals surface area contributed by atoms with E-state index in [9.17, 15) is 4.79 Å². The first kappa shape index (κ1) is 22.4. The van der Waals surface area contributed by atoms with Crippen LogP contribution in [0.4, 0.5) is 5.69 Å². The fourth-order valence-electron chi connectivity index (χ4n) is 2.04. The summed E-state index contributed by atoms with van der Waals surface area (Å²) in [6.07, 6.45) is 1.49. The molecule has 0 unspecified atom stereocenters. The van der Waals surface area contributed by atoms with Gasteiger partial charge in [-0.3, -0.25) is 9.48 Å². The Balaban J connectivity index is 0.00000338. The molecule has 0 aliphatic carbocycles. The fourth-order valence-corrected chi connectivity index (χ4v) is 2.40. The summed E-state index contributed by atoms with van der Waals surface area (Å²) in [5.41, 5.74) is 1.78. The number of guanidine groups is 1. The fraction of sp³-hybridized carbons (Fsp3) is 0.375. The number of carbonyl (C=O) groups excluding carboxylic acids is 1. The summed E-state index contributed by atoms with van der Waals surface area (Å²) in [6.45, 7) is 5.08. The van der Waals surface area contributed by atoms with Crippen LogP contribution in [0.2, 0.25) is 0 Å². The lowest BCUT2D eigenvalue weighted by Gasteiger charge is -2.12. The van der Waals surface area contributed by atoms with Crippen molar-refractivity contribution in [2.75, 3.05) is 18.4 Å². The number of aromatic nitrogens is 3. The van der Waals surface area contributed by atoms with Gasteiger partial charge in [0.2, 0.25) is 5.91 Å². The van der Waals surface area contributed by atoms with E-state index in [1.165, 1.54) is 6.33 Å². The zero-order valence-electron chi connectivity index (χ0n) is 14.9. The highest BCUT2D eigenvalue weighted by Gasteiger charge is 2.07. The number of nitrogens with zero attached hydrogens (tertiary/aromatic N) is 4. The molecular weight excluding hydrogens is 513 g/mol. The number of anilines is 1. The molecule has 0 radical (unpaired) electrons. The molecule has 2 rings (SSSR count). The Morgan fingerprint density at radius 1 is 1.35 bits per heavy atom. The Kier molecular flexibility index (Phi) is 9.55. The number of hydrogen-bond acceptors (Lipinski definition) is 4. The maximum atomic E-state index is 12.2. The summed E-state index contributed by atoms with van der Waals surface area (Å²) in [4.78, 5) is 20.7. The highest BCUT2D eigenvalue weighted by Crippen LogP contribution is 2.20. The Morgan fingerprint density at radius 3 is 2.77 bits per heavy atom. The molecule has 0 bridgehead atoms. The molecule has 0 aliphatic heterocycles. The number of benzene rings is 1. The van der Waals surface area contributed by atoms with Gasteiger partial charge in [0.25, 0.3) is 0 Å². The quantitative estimate of drug-likeness (QED) is 0.299.